The molecule has 0 saturated heterocycles. The van der Waals surface area contributed by atoms with Crippen molar-refractivity contribution in [3.8, 4) is 11.7 Å². The Morgan fingerprint density at radius 3 is 2.95 bits per heavy atom. The van der Waals surface area contributed by atoms with Crippen LogP contribution in [0.15, 0.2) is 39.4 Å². The molecule has 3 rings (SSSR count). The van der Waals surface area contributed by atoms with Crippen molar-refractivity contribution < 1.29 is 13.6 Å². The van der Waals surface area contributed by atoms with Gasteiger partial charge in [0.1, 0.15) is 0 Å². The van der Waals surface area contributed by atoms with E-state index in [1.54, 1.807) is 24.3 Å². The van der Waals surface area contributed by atoms with Gasteiger partial charge in [0, 0.05) is 4.88 Å². The third-order valence-corrected chi connectivity index (χ3v) is 3.60. The highest BCUT2D eigenvalue weighted by molar-refractivity contribution is 7.16. The zero-order valence-electron chi connectivity index (χ0n) is 10.00. The first kappa shape index (κ1) is 12.9. The van der Waals surface area contributed by atoms with Crippen molar-refractivity contribution in [3.63, 3.8) is 0 Å². The molecule has 0 bridgehead atoms. The van der Waals surface area contributed by atoms with Gasteiger partial charge in [0.05, 0.1) is 17.0 Å². The summed E-state index contributed by atoms with van der Waals surface area (Å²) in [5, 5.41) is 10.0. The van der Waals surface area contributed by atoms with E-state index in [9.17, 15) is 4.79 Å². The van der Waals surface area contributed by atoms with E-state index in [-0.39, 0.29) is 24.2 Å². The predicted molar refractivity (Wildman–Crippen MR) is 73.7 cm³/mol. The van der Waals surface area contributed by atoms with E-state index in [2.05, 4.69) is 15.5 Å². The minimum absolute atomic E-state index is 0.0315. The Morgan fingerprint density at radius 1 is 1.35 bits per heavy atom. The van der Waals surface area contributed by atoms with Crippen molar-refractivity contribution >= 4 is 34.9 Å². The Kier molecular flexibility index (Phi) is 3.53. The molecule has 3 aromatic rings. The van der Waals surface area contributed by atoms with Gasteiger partial charge in [0.2, 0.25) is 5.91 Å². The molecule has 0 radical (unpaired) electrons. The van der Waals surface area contributed by atoms with Gasteiger partial charge in [0.25, 0.3) is 5.89 Å². The van der Waals surface area contributed by atoms with Crippen molar-refractivity contribution in [1.82, 2.24) is 10.2 Å². The van der Waals surface area contributed by atoms with Gasteiger partial charge in [-0.2, -0.15) is 0 Å². The normalized spacial score (nSPS) is 10.7. The molecular formula is C12H8ClN3O3S. The molecule has 0 aliphatic heterocycles. The van der Waals surface area contributed by atoms with Crippen molar-refractivity contribution in [3.05, 3.63) is 39.7 Å². The molecule has 0 aliphatic carbocycles. The van der Waals surface area contributed by atoms with Crippen LogP contribution in [0, 0.1) is 0 Å². The topological polar surface area (TPSA) is 81.2 Å². The standard InChI is InChI=1S/C12H8ClN3O3S/c13-9-4-3-7(20-9)6-10(17)14-12-16-15-11(19-12)8-2-1-5-18-8/h1-5H,6H2,(H,14,16,17). The fourth-order valence-electron chi connectivity index (χ4n) is 1.54. The van der Waals surface area contributed by atoms with E-state index in [4.69, 9.17) is 20.4 Å². The van der Waals surface area contributed by atoms with Crippen LogP contribution in [-0.4, -0.2) is 16.1 Å². The molecule has 0 fully saturated rings. The molecule has 8 heteroatoms. The molecule has 0 unspecified atom stereocenters. The Labute approximate surface area is 122 Å². The zero-order chi connectivity index (χ0) is 13.9. The summed E-state index contributed by atoms with van der Waals surface area (Å²) in [7, 11) is 0. The van der Waals surface area contributed by atoms with Gasteiger partial charge in [0.15, 0.2) is 5.76 Å². The maximum absolute atomic E-state index is 11.8. The number of rotatable bonds is 4. The van der Waals surface area contributed by atoms with Crippen LogP contribution in [0.1, 0.15) is 4.88 Å². The number of carbonyl (C=O) groups excluding carboxylic acids is 1. The SMILES string of the molecule is O=C(Cc1ccc(Cl)s1)Nc1nnc(-c2ccco2)o1. The quantitative estimate of drug-likeness (QED) is 0.800. The van der Waals surface area contributed by atoms with E-state index in [0.717, 1.165) is 4.88 Å². The molecule has 6 nitrogen and oxygen atoms in total. The van der Waals surface area contributed by atoms with Crippen LogP contribution in [0.5, 0.6) is 0 Å². The van der Waals surface area contributed by atoms with Crippen molar-refractivity contribution in [1.29, 1.82) is 0 Å². The lowest BCUT2D eigenvalue weighted by Gasteiger charge is -1.97. The number of anilines is 1. The number of halogens is 1. The van der Waals surface area contributed by atoms with Crippen LogP contribution in [0.4, 0.5) is 6.01 Å². The van der Waals surface area contributed by atoms with E-state index in [1.807, 2.05) is 0 Å². The van der Waals surface area contributed by atoms with Gasteiger partial charge >= 0.3 is 6.01 Å². The number of furan rings is 1. The average Bonchev–Trinajstić information content (AvgIpc) is 3.10. The van der Waals surface area contributed by atoms with Gasteiger partial charge in [-0.1, -0.05) is 16.7 Å². The van der Waals surface area contributed by atoms with Crippen LogP contribution in [0.25, 0.3) is 11.7 Å². The second-order valence-corrected chi connectivity index (χ2v) is 5.62. The first-order valence-electron chi connectivity index (χ1n) is 5.62. The molecule has 0 aliphatic rings. The molecule has 3 aromatic heterocycles. The fraction of sp³-hybridized carbons (Fsp3) is 0.0833. The molecule has 102 valence electrons. The highest BCUT2D eigenvalue weighted by Gasteiger charge is 2.13. The van der Waals surface area contributed by atoms with E-state index in [1.165, 1.54) is 17.6 Å². The van der Waals surface area contributed by atoms with Gasteiger partial charge < -0.3 is 8.83 Å². The molecule has 0 saturated carbocycles. The molecule has 1 N–H and O–H groups in total. The zero-order valence-corrected chi connectivity index (χ0v) is 11.6. The summed E-state index contributed by atoms with van der Waals surface area (Å²) in [6, 6.07) is 6.97. The van der Waals surface area contributed by atoms with E-state index < -0.39 is 0 Å². The number of hydrogen-bond donors (Lipinski definition) is 1. The summed E-state index contributed by atoms with van der Waals surface area (Å²) < 4.78 is 11.0. The Hall–Kier alpha value is -2.12. The molecule has 20 heavy (non-hydrogen) atoms. The maximum Gasteiger partial charge on any atom is 0.322 e. The van der Waals surface area contributed by atoms with Crippen LogP contribution < -0.4 is 5.32 Å². The van der Waals surface area contributed by atoms with Crippen molar-refractivity contribution in [2.75, 3.05) is 5.32 Å². The number of carbonyl (C=O) groups is 1. The molecule has 0 atom stereocenters. The highest BCUT2D eigenvalue weighted by atomic mass is 35.5. The smallest absolute Gasteiger partial charge is 0.322 e. The summed E-state index contributed by atoms with van der Waals surface area (Å²) >= 11 is 7.15. The first-order chi connectivity index (χ1) is 9.70. The summed E-state index contributed by atoms with van der Waals surface area (Å²) in [4.78, 5) is 12.6. The van der Waals surface area contributed by atoms with Gasteiger partial charge in [-0.05, 0) is 24.3 Å². The highest BCUT2D eigenvalue weighted by Crippen LogP contribution is 2.23. The van der Waals surface area contributed by atoms with Crippen LogP contribution in [0.3, 0.4) is 0 Å². The van der Waals surface area contributed by atoms with Gasteiger partial charge in [-0.3, -0.25) is 10.1 Å². The van der Waals surface area contributed by atoms with E-state index in [0.29, 0.717) is 10.1 Å². The number of amides is 1. The van der Waals surface area contributed by atoms with Crippen LogP contribution in [-0.2, 0) is 11.2 Å². The summed E-state index contributed by atoms with van der Waals surface area (Å²) in [5.41, 5.74) is 0. The lowest BCUT2D eigenvalue weighted by Crippen LogP contribution is -2.13. The maximum atomic E-state index is 11.8. The molecule has 1 amide bonds. The Balaban J connectivity index is 1.64. The monoisotopic (exact) mass is 309 g/mol. The Morgan fingerprint density at radius 2 is 2.25 bits per heavy atom. The third kappa shape index (κ3) is 2.89. The molecule has 3 heterocycles. The predicted octanol–water partition coefficient (Wildman–Crippen LogP) is 3.23. The number of nitrogens with one attached hydrogen (secondary N) is 1. The number of nitrogens with zero attached hydrogens (tertiary/aromatic N) is 2. The van der Waals surface area contributed by atoms with Gasteiger partial charge in [-0.15, -0.1) is 16.4 Å². The average molecular weight is 310 g/mol. The second kappa shape index (κ2) is 5.48. The van der Waals surface area contributed by atoms with Crippen LogP contribution in [0.2, 0.25) is 4.34 Å². The summed E-state index contributed by atoms with van der Waals surface area (Å²) in [5.74, 6) is 0.408. The van der Waals surface area contributed by atoms with Crippen molar-refractivity contribution in [2.45, 2.75) is 6.42 Å². The van der Waals surface area contributed by atoms with Crippen LogP contribution >= 0.6 is 22.9 Å². The van der Waals surface area contributed by atoms with Gasteiger partial charge in [-0.25, -0.2) is 0 Å². The lowest BCUT2D eigenvalue weighted by atomic mass is 10.3. The van der Waals surface area contributed by atoms with E-state index >= 15 is 0 Å². The largest absolute Gasteiger partial charge is 0.459 e. The summed E-state index contributed by atoms with van der Waals surface area (Å²) in [6.07, 6.45) is 1.70. The minimum atomic E-state index is -0.252. The number of thiophene rings is 1. The molecular weight excluding hydrogens is 302 g/mol. The lowest BCUT2D eigenvalue weighted by molar-refractivity contribution is -0.115. The fourth-order valence-corrected chi connectivity index (χ4v) is 2.63. The summed E-state index contributed by atoms with van der Waals surface area (Å²) in [6.45, 7) is 0. The molecule has 0 spiro atoms. The number of hydrogen-bond acceptors (Lipinski definition) is 6. The van der Waals surface area contributed by atoms with Crippen molar-refractivity contribution in [2.24, 2.45) is 0 Å². The first-order valence-corrected chi connectivity index (χ1v) is 6.81. The Bertz CT molecular complexity index is 720. The molecule has 0 aromatic carbocycles. The second-order valence-electron chi connectivity index (χ2n) is 3.82. The third-order valence-electron chi connectivity index (χ3n) is 2.37. The minimum Gasteiger partial charge on any atom is -0.459 e. The number of aromatic nitrogens is 2.